The van der Waals surface area contributed by atoms with E-state index in [0.29, 0.717) is 13.0 Å². The fourth-order valence-electron chi connectivity index (χ4n) is 5.31. The van der Waals surface area contributed by atoms with Gasteiger partial charge in [0.2, 0.25) is 5.91 Å². The Morgan fingerprint density at radius 2 is 0.800 bits per heavy atom. The zero-order valence-corrected chi connectivity index (χ0v) is 37.1. The first-order valence-electron chi connectivity index (χ1n) is 13.6. The van der Waals surface area contributed by atoms with Crippen LogP contribution < -0.4 is 5.32 Å². The quantitative estimate of drug-likeness (QED) is 0.101. The van der Waals surface area contributed by atoms with Gasteiger partial charge in [-0.3, -0.25) is 4.79 Å². The van der Waals surface area contributed by atoms with E-state index < -0.39 is 34.5 Å². The molecule has 0 atom stereocenters. The van der Waals surface area contributed by atoms with Crippen LogP contribution in [0.1, 0.15) is 32.1 Å². The molecule has 16 heteroatoms. The van der Waals surface area contributed by atoms with Crippen LogP contribution in [0.3, 0.4) is 0 Å². The predicted molar refractivity (Wildman–Crippen MR) is 161 cm³/mol. The van der Waals surface area contributed by atoms with Gasteiger partial charge in [-0.25, -0.2) is 0 Å². The molecule has 0 radical (unpaired) electrons. The van der Waals surface area contributed by atoms with Gasteiger partial charge in [-0.1, -0.05) is 43.4 Å². The minimum absolute atomic E-state index is 0. The second-order valence-electron chi connectivity index (χ2n) is 9.65. The number of carbonyl (C=O) groups is 1. The molecule has 1 amide bonds. The van der Waals surface area contributed by atoms with Crippen molar-refractivity contribution in [3.63, 3.8) is 0 Å². The SMILES string of the molecule is [CH2-]CNC(=O)CCC[Si](CCC[Si](OC)(OC)OC)(CCC[Si](OC)(OC)OC)CCC[Si](OC)(OC)OC.[Rf]. The second kappa shape index (κ2) is 21.6. The third-order valence-corrected chi connectivity index (χ3v) is 22.0. The van der Waals surface area contributed by atoms with Crippen molar-refractivity contribution in [2.75, 3.05) is 70.5 Å². The Bertz CT molecular complexity index is 555. The summed E-state index contributed by atoms with van der Waals surface area (Å²) in [6.07, 6.45) is 4.13. The first-order valence-corrected chi connectivity index (χ1v) is 22.3. The molecule has 0 aliphatic heterocycles. The van der Waals surface area contributed by atoms with Crippen molar-refractivity contribution in [2.24, 2.45) is 0 Å². The van der Waals surface area contributed by atoms with Gasteiger partial charge >= 0.3 is 26.4 Å². The molecule has 236 valence electrons. The standard InChI is InChI=1S/C24H56NO10Si4.Rf/c1-11-25-24(26)16-12-17-36(18-13-21-37(27-2,28-3)29-4,19-14-22-38(30-5,31-6)32-7)20-15-23-39(33-8,34-9)35-10;/h1,11-23H2,2-10H3,(H,25,26);/q-1;. The molecule has 40 heavy (non-hydrogen) atoms. The Morgan fingerprint density at radius 3 is 1.05 bits per heavy atom. The minimum Gasteiger partial charge on any atom is -0.386 e. The van der Waals surface area contributed by atoms with Gasteiger partial charge in [0.1, 0.15) is 0 Å². The zero-order chi connectivity index (χ0) is 29.8. The Kier molecular flexibility index (Phi) is 22.3. The van der Waals surface area contributed by atoms with Crippen molar-refractivity contribution < 1.29 is 44.6 Å². The Hall–Kier alpha value is -1.02. The Balaban J connectivity index is 0. The molecule has 0 aromatic carbocycles. The van der Waals surface area contributed by atoms with Crippen molar-refractivity contribution in [1.29, 1.82) is 0 Å². The summed E-state index contributed by atoms with van der Waals surface area (Å²) in [5, 5.41) is 2.82. The molecule has 0 aliphatic rings. The first kappa shape index (κ1) is 41.1. The predicted octanol–water partition coefficient (Wildman–Crippen LogP) is 3.97. The van der Waals surface area contributed by atoms with Gasteiger partial charge in [-0.05, 0) is 6.42 Å². The number of amides is 1. The normalized spacial score (nSPS) is 12.8. The average molecular weight is 898 g/mol. The van der Waals surface area contributed by atoms with Crippen LogP contribution >= 0.6 is 0 Å². The van der Waals surface area contributed by atoms with E-state index in [1.807, 2.05) is 0 Å². The van der Waals surface area contributed by atoms with Crippen molar-refractivity contribution in [3.8, 4) is 0 Å². The molecule has 0 aliphatic carbocycles. The topological polar surface area (TPSA) is 112 Å². The van der Waals surface area contributed by atoms with Gasteiger partial charge in [0.05, 0.1) is 8.07 Å². The third kappa shape index (κ3) is 13.3. The van der Waals surface area contributed by atoms with E-state index in [1.165, 1.54) is 0 Å². The molecule has 0 fully saturated rings. The van der Waals surface area contributed by atoms with Gasteiger partial charge in [0, 0.05) is 88.5 Å². The van der Waals surface area contributed by atoms with Gasteiger partial charge in [0.15, 0.2) is 0 Å². The zero-order valence-electron chi connectivity index (χ0n) is 26.7. The van der Waals surface area contributed by atoms with Crippen LogP contribution in [0.5, 0.6) is 0 Å². The molecular formula is C24H56NO10RfSi4-. The fraction of sp³-hybridized carbons (Fsp3) is 0.917. The summed E-state index contributed by atoms with van der Waals surface area (Å²) in [4.78, 5) is 12.2. The molecule has 0 saturated carbocycles. The summed E-state index contributed by atoms with van der Waals surface area (Å²) in [6.45, 7) is 4.12. The van der Waals surface area contributed by atoms with Gasteiger partial charge in [0.25, 0.3) is 0 Å². The molecule has 0 aromatic heterocycles. The largest absolute Gasteiger partial charge is 0.500 e. The molecule has 0 bridgehead atoms. The van der Waals surface area contributed by atoms with Crippen molar-refractivity contribution in [3.05, 3.63) is 6.92 Å². The van der Waals surface area contributed by atoms with E-state index in [0.717, 1.165) is 68.0 Å². The number of hydrogen-bond donors (Lipinski definition) is 1. The smallest absolute Gasteiger partial charge is 0.386 e. The van der Waals surface area contributed by atoms with Crippen molar-refractivity contribution in [1.82, 2.24) is 5.32 Å². The van der Waals surface area contributed by atoms with Crippen LogP contribution in [0.25, 0.3) is 0 Å². The molecule has 0 spiro atoms. The van der Waals surface area contributed by atoms with E-state index in [1.54, 1.807) is 64.0 Å². The maximum Gasteiger partial charge on any atom is 0.500 e. The van der Waals surface area contributed by atoms with Crippen LogP contribution in [-0.2, 0) is 44.6 Å². The molecule has 11 nitrogen and oxygen atoms in total. The van der Waals surface area contributed by atoms with E-state index in [-0.39, 0.29) is 5.91 Å². The molecule has 0 saturated heterocycles. The second-order valence-corrected chi connectivity index (χ2v) is 23.9. The monoisotopic (exact) mass is 897 g/mol. The summed E-state index contributed by atoms with van der Waals surface area (Å²) < 4.78 is 51.2. The van der Waals surface area contributed by atoms with Crippen LogP contribution in [0.15, 0.2) is 0 Å². The van der Waals surface area contributed by atoms with E-state index in [9.17, 15) is 4.79 Å². The minimum atomic E-state index is -2.69. The maximum absolute atomic E-state index is 12.2. The van der Waals surface area contributed by atoms with Crippen LogP contribution in [0.2, 0.25) is 42.3 Å². The molecule has 1 N–H and O–H groups in total. The van der Waals surface area contributed by atoms with E-state index in [4.69, 9.17) is 39.8 Å². The number of nitrogens with one attached hydrogen (secondary N) is 1. The van der Waals surface area contributed by atoms with Crippen LogP contribution in [0, 0.1) is 6.92 Å². The number of carbonyl (C=O) groups excluding carboxylic acids is 1. The molecular weight excluding hydrogens is 842 g/mol. The fourth-order valence-corrected chi connectivity index (χ4v) is 16.7. The van der Waals surface area contributed by atoms with Gasteiger partial charge in [-0.15, -0.1) is 6.54 Å². The number of hydrogen-bond acceptors (Lipinski definition) is 10. The Morgan fingerprint density at radius 1 is 0.525 bits per heavy atom. The van der Waals surface area contributed by atoms with Crippen LogP contribution in [-0.4, -0.2) is 111 Å². The van der Waals surface area contributed by atoms with Gasteiger partial charge in [-0.2, -0.15) is 0 Å². The van der Waals surface area contributed by atoms with Crippen molar-refractivity contribution in [2.45, 2.75) is 74.4 Å². The van der Waals surface area contributed by atoms with Crippen LogP contribution in [0.4, 0.5) is 0 Å². The van der Waals surface area contributed by atoms with Crippen molar-refractivity contribution >= 4 is 40.4 Å². The molecule has 0 heterocycles. The van der Waals surface area contributed by atoms with E-state index >= 15 is 0 Å². The third-order valence-electron chi connectivity index (χ3n) is 7.80. The Labute approximate surface area is 242 Å². The average Bonchev–Trinajstić information content (AvgIpc) is 2.96. The molecule has 0 unspecified atom stereocenters. The molecule has 0 aromatic rings. The summed E-state index contributed by atoms with van der Waals surface area (Å²) >= 11 is 0. The van der Waals surface area contributed by atoms with Gasteiger partial charge < -0.3 is 52.1 Å². The van der Waals surface area contributed by atoms with E-state index in [2.05, 4.69) is 12.2 Å². The summed E-state index contributed by atoms with van der Waals surface area (Å²) in [7, 11) is 4.88. The maximum atomic E-state index is 12.2. The molecule has 0 rings (SSSR count). The summed E-state index contributed by atoms with van der Waals surface area (Å²) in [6, 6.07) is 6.46. The summed E-state index contributed by atoms with van der Waals surface area (Å²) in [5.41, 5.74) is 0. The summed E-state index contributed by atoms with van der Waals surface area (Å²) in [5.74, 6) is 0.0478. The number of rotatable bonds is 26. The first-order chi connectivity index (χ1) is 18.6.